The summed E-state index contributed by atoms with van der Waals surface area (Å²) < 4.78 is 0. The number of hydrogen-bond acceptors (Lipinski definition) is 2. The Hall–Kier alpha value is -1.99. The van der Waals surface area contributed by atoms with Crippen molar-refractivity contribution in [1.29, 1.82) is 0 Å². The molecule has 0 aromatic heterocycles. The summed E-state index contributed by atoms with van der Waals surface area (Å²) in [6, 6.07) is 13.6. The fourth-order valence-corrected chi connectivity index (χ4v) is 4.70. The third-order valence-corrected chi connectivity index (χ3v) is 6.54. The van der Waals surface area contributed by atoms with E-state index in [1.54, 1.807) is 0 Å². The van der Waals surface area contributed by atoms with E-state index >= 15 is 0 Å². The van der Waals surface area contributed by atoms with Gasteiger partial charge in [0.05, 0.1) is 22.8 Å². The van der Waals surface area contributed by atoms with E-state index in [0.29, 0.717) is 0 Å². The molecule has 0 aliphatic heterocycles. The van der Waals surface area contributed by atoms with Crippen LogP contribution in [0.2, 0.25) is 0 Å². The second-order valence-corrected chi connectivity index (χ2v) is 9.88. The normalized spacial score (nSPS) is 12.3. The minimum absolute atomic E-state index is 0. The first kappa shape index (κ1) is 33.0. The Kier molecular flexibility index (Phi) is 17.1. The molecule has 2 rings (SSSR count). The molecule has 3 heteroatoms. The molecule has 2 aromatic rings. The van der Waals surface area contributed by atoms with Crippen LogP contribution in [-0.4, -0.2) is 11.4 Å². The molecular formula is C34H50N2Ni. The first-order valence-corrected chi connectivity index (χ1v) is 14.7. The van der Waals surface area contributed by atoms with Gasteiger partial charge in [-0.1, -0.05) is 91.9 Å². The number of unbranched alkanes of at least 4 members (excludes halogenated alkanes) is 1. The third kappa shape index (κ3) is 11.1. The standard InChI is InChI=1S/C34H50N2.Ni/c1-7-13-19-33(35-31-23-21-27(15-9-3)29(25-31)17-11-5)34(20-14-8-2)36-32-24-22-28(16-10-4)30(26-32)18-12-6;/h13,19,21-26H,7-12,14-18,20H2,1-6H3;. The van der Waals surface area contributed by atoms with E-state index in [9.17, 15) is 0 Å². The second-order valence-electron chi connectivity index (χ2n) is 9.88. The molecular weight excluding hydrogens is 495 g/mol. The molecule has 0 aliphatic rings. The average Bonchev–Trinajstić information content (AvgIpc) is 2.88. The van der Waals surface area contributed by atoms with Crippen molar-refractivity contribution < 1.29 is 16.5 Å². The average molecular weight is 545 g/mol. The van der Waals surface area contributed by atoms with E-state index in [1.165, 1.54) is 35.1 Å². The SMILES string of the molecule is CCC=CC(=Nc1ccc(CCC)c(CCC)c1)C(CCCC)=Nc1ccc(CCC)c(CCC)c1.[Ni]. The molecule has 37 heavy (non-hydrogen) atoms. The number of aryl methyl sites for hydroxylation is 4. The van der Waals surface area contributed by atoms with Crippen LogP contribution in [0.5, 0.6) is 0 Å². The number of aliphatic imine (C=N–C) groups is 2. The summed E-state index contributed by atoms with van der Waals surface area (Å²) in [6.07, 6.45) is 17.8. The van der Waals surface area contributed by atoms with Gasteiger partial charge >= 0.3 is 0 Å². The molecule has 0 radical (unpaired) electrons. The van der Waals surface area contributed by atoms with Gasteiger partial charge in [-0.25, -0.2) is 4.99 Å². The maximum Gasteiger partial charge on any atom is 0.0848 e. The van der Waals surface area contributed by atoms with Crippen molar-refractivity contribution in [3.63, 3.8) is 0 Å². The Morgan fingerprint density at radius 3 is 1.57 bits per heavy atom. The van der Waals surface area contributed by atoms with Crippen LogP contribution in [0, 0.1) is 0 Å². The summed E-state index contributed by atoms with van der Waals surface area (Å²) in [7, 11) is 0. The zero-order valence-corrected chi connectivity index (χ0v) is 25.3. The molecule has 0 N–H and O–H groups in total. The van der Waals surface area contributed by atoms with Gasteiger partial charge < -0.3 is 0 Å². The first-order valence-electron chi connectivity index (χ1n) is 14.7. The molecule has 2 aromatic carbocycles. The van der Waals surface area contributed by atoms with Crippen molar-refractivity contribution in [2.75, 3.05) is 0 Å². The van der Waals surface area contributed by atoms with Crippen LogP contribution in [0.25, 0.3) is 0 Å². The van der Waals surface area contributed by atoms with Crippen molar-refractivity contribution in [1.82, 2.24) is 0 Å². The molecule has 0 amide bonds. The zero-order chi connectivity index (χ0) is 26.2. The van der Waals surface area contributed by atoms with Crippen LogP contribution in [0.1, 0.15) is 115 Å². The molecule has 0 unspecified atom stereocenters. The van der Waals surface area contributed by atoms with Gasteiger partial charge in [-0.15, -0.1) is 0 Å². The Balaban J connectivity index is 0.00000684. The molecule has 2 nitrogen and oxygen atoms in total. The van der Waals surface area contributed by atoms with E-state index in [-0.39, 0.29) is 16.5 Å². The molecule has 0 fully saturated rings. The minimum Gasteiger partial charge on any atom is -0.251 e. The van der Waals surface area contributed by atoms with Crippen molar-refractivity contribution in [3.05, 3.63) is 70.8 Å². The number of nitrogens with zero attached hydrogens (tertiary/aromatic N) is 2. The summed E-state index contributed by atoms with van der Waals surface area (Å²) in [5.41, 5.74) is 10.1. The van der Waals surface area contributed by atoms with Gasteiger partial charge in [0.1, 0.15) is 0 Å². The molecule has 0 saturated carbocycles. The Morgan fingerprint density at radius 2 is 1.11 bits per heavy atom. The Bertz CT molecular complexity index is 1020. The van der Waals surface area contributed by atoms with E-state index in [2.05, 4.69) is 90.1 Å². The number of benzene rings is 2. The second kappa shape index (κ2) is 19.1. The summed E-state index contributed by atoms with van der Waals surface area (Å²) in [5, 5.41) is 0. The van der Waals surface area contributed by atoms with Crippen LogP contribution in [-0.2, 0) is 42.2 Å². The van der Waals surface area contributed by atoms with Gasteiger partial charge in [0.15, 0.2) is 0 Å². The largest absolute Gasteiger partial charge is 0.251 e. The van der Waals surface area contributed by atoms with Crippen molar-refractivity contribution >= 4 is 22.8 Å². The Morgan fingerprint density at radius 1 is 0.622 bits per heavy atom. The molecule has 0 saturated heterocycles. The van der Waals surface area contributed by atoms with Crippen LogP contribution in [0.15, 0.2) is 58.5 Å². The van der Waals surface area contributed by atoms with Crippen LogP contribution in [0.4, 0.5) is 11.4 Å². The third-order valence-electron chi connectivity index (χ3n) is 6.54. The molecule has 0 bridgehead atoms. The summed E-state index contributed by atoms with van der Waals surface area (Å²) in [4.78, 5) is 10.4. The number of hydrogen-bond donors (Lipinski definition) is 0. The van der Waals surface area contributed by atoms with E-state index in [1.807, 2.05) is 0 Å². The number of rotatable bonds is 16. The van der Waals surface area contributed by atoms with Crippen LogP contribution in [0.3, 0.4) is 0 Å². The van der Waals surface area contributed by atoms with Gasteiger partial charge in [0.25, 0.3) is 0 Å². The van der Waals surface area contributed by atoms with E-state index < -0.39 is 0 Å². The van der Waals surface area contributed by atoms with Gasteiger partial charge in [-0.2, -0.15) is 0 Å². The van der Waals surface area contributed by atoms with Crippen molar-refractivity contribution in [2.24, 2.45) is 9.98 Å². The van der Waals surface area contributed by atoms with Gasteiger partial charge in [-0.05, 0) is 97.5 Å². The quantitative estimate of drug-likeness (QED) is 0.148. The predicted molar refractivity (Wildman–Crippen MR) is 162 cm³/mol. The smallest absolute Gasteiger partial charge is 0.0848 e. The number of allylic oxidation sites excluding steroid dienone is 2. The van der Waals surface area contributed by atoms with Crippen LogP contribution < -0.4 is 0 Å². The van der Waals surface area contributed by atoms with Gasteiger partial charge in [0, 0.05) is 16.5 Å². The summed E-state index contributed by atoms with van der Waals surface area (Å²) in [5.74, 6) is 0. The van der Waals surface area contributed by atoms with Crippen LogP contribution >= 0.6 is 0 Å². The molecule has 0 atom stereocenters. The summed E-state index contributed by atoms with van der Waals surface area (Å²) in [6.45, 7) is 13.5. The predicted octanol–water partition coefficient (Wildman–Crippen LogP) is 10.5. The maximum absolute atomic E-state index is 5.23. The van der Waals surface area contributed by atoms with Crippen molar-refractivity contribution in [3.8, 4) is 0 Å². The Labute approximate surface area is 238 Å². The fraction of sp³-hybridized carbons (Fsp3) is 0.529. The van der Waals surface area contributed by atoms with E-state index in [0.717, 1.165) is 87.0 Å². The minimum atomic E-state index is 0. The first-order chi connectivity index (χ1) is 17.6. The van der Waals surface area contributed by atoms with Gasteiger partial charge in [-0.3, -0.25) is 4.99 Å². The van der Waals surface area contributed by atoms with Gasteiger partial charge in [0.2, 0.25) is 0 Å². The van der Waals surface area contributed by atoms with Crippen molar-refractivity contribution in [2.45, 2.75) is 119 Å². The topological polar surface area (TPSA) is 24.7 Å². The molecule has 0 aliphatic carbocycles. The van der Waals surface area contributed by atoms with E-state index in [4.69, 9.17) is 9.98 Å². The molecule has 0 heterocycles. The summed E-state index contributed by atoms with van der Waals surface area (Å²) >= 11 is 0. The monoisotopic (exact) mass is 544 g/mol. The molecule has 0 spiro atoms. The zero-order valence-electron chi connectivity index (χ0n) is 24.3. The fourth-order valence-electron chi connectivity index (χ4n) is 4.70. The molecule has 206 valence electrons. The maximum atomic E-state index is 5.23.